The summed E-state index contributed by atoms with van der Waals surface area (Å²) in [4.78, 5) is 26.8. The number of carbonyl (C=O) groups excluding carboxylic acids is 2. The molecule has 1 aromatic carbocycles. The largest absolute Gasteiger partial charge is 0.356 e. The van der Waals surface area contributed by atoms with E-state index in [4.69, 9.17) is 0 Å². The number of nitrogens with one attached hydrogen (secondary N) is 2. The Hall–Kier alpha value is -2.32. The summed E-state index contributed by atoms with van der Waals surface area (Å²) in [6.07, 6.45) is 7.10. The van der Waals surface area contributed by atoms with E-state index < -0.39 is 0 Å². The predicted molar refractivity (Wildman–Crippen MR) is 115 cm³/mol. The standard InChI is InChI=1S/C21H29N5O2S/c27-18(22-13-8-16-26-14-6-1-2-7-15-26)11-12-19-24-25-21(29-19)20(28)23-17-9-4-3-5-10-17/h3-5,9-10H,1-2,6-8,11-16H2,(H,22,27)(H,23,28). The number of benzene rings is 1. The number of aromatic nitrogens is 2. The van der Waals surface area contributed by atoms with Gasteiger partial charge in [-0.1, -0.05) is 42.4 Å². The van der Waals surface area contributed by atoms with Crippen molar-refractivity contribution < 1.29 is 9.59 Å². The van der Waals surface area contributed by atoms with Crippen LogP contribution in [0.25, 0.3) is 0 Å². The number of carbonyl (C=O) groups is 2. The molecule has 0 radical (unpaired) electrons. The second-order valence-electron chi connectivity index (χ2n) is 7.28. The first-order chi connectivity index (χ1) is 14.2. The minimum atomic E-state index is -0.280. The number of nitrogens with zero attached hydrogens (tertiary/aromatic N) is 3. The monoisotopic (exact) mass is 415 g/mol. The van der Waals surface area contributed by atoms with Gasteiger partial charge in [0.15, 0.2) is 0 Å². The van der Waals surface area contributed by atoms with E-state index in [1.165, 1.54) is 50.1 Å². The van der Waals surface area contributed by atoms with Crippen LogP contribution in [0.3, 0.4) is 0 Å². The van der Waals surface area contributed by atoms with E-state index in [0.29, 0.717) is 35.1 Å². The van der Waals surface area contributed by atoms with Gasteiger partial charge in [-0.3, -0.25) is 9.59 Å². The predicted octanol–water partition coefficient (Wildman–Crippen LogP) is 3.11. The van der Waals surface area contributed by atoms with E-state index in [2.05, 4.69) is 25.7 Å². The molecule has 1 fully saturated rings. The molecule has 156 valence electrons. The SMILES string of the molecule is O=C(CCc1nnc(C(=O)Nc2ccccc2)s1)NCCCN1CCCCCC1. The summed E-state index contributed by atoms with van der Waals surface area (Å²) in [6.45, 7) is 4.13. The second kappa shape index (κ2) is 11.6. The van der Waals surface area contributed by atoms with E-state index in [9.17, 15) is 9.59 Å². The lowest BCUT2D eigenvalue weighted by molar-refractivity contribution is -0.121. The van der Waals surface area contributed by atoms with Crippen LogP contribution in [0.2, 0.25) is 0 Å². The van der Waals surface area contributed by atoms with Gasteiger partial charge in [0.25, 0.3) is 5.91 Å². The number of rotatable bonds is 9. The zero-order valence-corrected chi connectivity index (χ0v) is 17.5. The van der Waals surface area contributed by atoms with E-state index >= 15 is 0 Å². The third-order valence-corrected chi connectivity index (χ3v) is 5.91. The molecular formula is C21H29N5O2S. The van der Waals surface area contributed by atoms with Crippen molar-refractivity contribution in [2.45, 2.75) is 44.9 Å². The molecule has 0 spiro atoms. The highest BCUT2D eigenvalue weighted by atomic mass is 32.1. The fourth-order valence-corrected chi connectivity index (χ4v) is 4.09. The van der Waals surface area contributed by atoms with Crippen molar-refractivity contribution in [1.82, 2.24) is 20.4 Å². The topological polar surface area (TPSA) is 87.2 Å². The van der Waals surface area contributed by atoms with Crippen molar-refractivity contribution >= 4 is 28.8 Å². The van der Waals surface area contributed by atoms with Gasteiger partial charge in [-0.2, -0.15) is 0 Å². The van der Waals surface area contributed by atoms with Crippen LogP contribution in [0.1, 0.15) is 53.3 Å². The van der Waals surface area contributed by atoms with Gasteiger partial charge in [-0.05, 0) is 51.0 Å². The molecule has 0 bridgehead atoms. The van der Waals surface area contributed by atoms with Crippen molar-refractivity contribution in [3.05, 3.63) is 40.3 Å². The highest BCUT2D eigenvalue weighted by Crippen LogP contribution is 2.14. The Morgan fingerprint density at radius 3 is 2.55 bits per heavy atom. The molecule has 7 nitrogen and oxygen atoms in total. The number of anilines is 1. The van der Waals surface area contributed by atoms with Gasteiger partial charge in [0, 0.05) is 25.1 Å². The maximum absolute atomic E-state index is 12.2. The Morgan fingerprint density at radius 1 is 1.03 bits per heavy atom. The van der Waals surface area contributed by atoms with Crippen LogP contribution >= 0.6 is 11.3 Å². The number of hydrogen-bond donors (Lipinski definition) is 2. The van der Waals surface area contributed by atoms with Gasteiger partial charge in [0.05, 0.1) is 0 Å². The maximum Gasteiger partial charge on any atom is 0.286 e. The van der Waals surface area contributed by atoms with Crippen molar-refractivity contribution in [3.8, 4) is 0 Å². The van der Waals surface area contributed by atoms with Crippen LogP contribution in [0, 0.1) is 0 Å². The van der Waals surface area contributed by atoms with Crippen molar-refractivity contribution in [1.29, 1.82) is 0 Å². The molecule has 3 rings (SSSR count). The minimum Gasteiger partial charge on any atom is -0.356 e. The Balaban J connectivity index is 1.32. The Morgan fingerprint density at radius 2 is 1.79 bits per heavy atom. The van der Waals surface area contributed by atoms with Crippen LogP contribution in [0.5, 0.6) is 0 Å². The molecule has 2 aromatic rings. The van der Waals surface area contributed by atoms with E-state index in [1.54, 1.807) is 0 Å². The van der Waals surface area contributed by atoms with Gasteiger partial charge in [-0.25, -0.2) is 0 Å². The molecule has 29 heavy (non-hydrogen) atoms. The Kier molecular flexibility index (Phi) is 8.58. The Labute approximate surface area is 175 Å². The van der Waals surface area contributed by atoms with Crippen LogP contribution < -0.4 is 10.6 Å². The molecule has 1 aromatic heterocycles. The minimum absolute atomic E-state index is 0.0198. The highest BCUT2D eigenvalue weighted by molar-refractivity contribution is 7.13. The second-order valence-corrected chi connectivity index (χ2v) is 8.34. The zero-order chi connectivity index (χ0) is 20.3. The molecule has 2 N–H and O–H groups in total. The van der Waals surface area contributed by atoms with E-state index in [-0.39, 0.29) is 11.8 Å². The smallest absolute Gasteiger partial charge is 0.286 e. The first-order valence-electron chi connectivity index (χ1n) is 10.4. The van der Waals surface area contributed by atoms with Gasteiger partial charge in [0.2, 0.25) is 10.9 Å². The lowest BCUT2D eigenvalue weighted by Crippen LogP contribution is -2.30. The van der Waals surface area contributed by atoms with Gasteiger partial charge in [0.1, 0.15) is 5.01 Å². The summed E-state index contributed by atoms with van der Waals surface area (Å²) in [5.41, 5.74) is 0.716. The number of amides is 2. The molecule has 1 aliphatic rings. The molecule has 0 atom stereocenters. The summed E-state index contributed by atoms with van der Waals surface area (Å²) in [6, 6.07) is 9.23. The molecule has 8 heteroatoms. The van der Waals surface area contributed by atoms with Gasteiger partial charge < -0.3 is 15.5 Å². The summed E-state index contributed by atoms with van der Waals surface area (Å²) in [5, 5.41) is 14.8. The lowest BCUT2D eigenvalue weighted by atomic mass is 10.2. The van der Waals surface area contributed by atoms with Gasteiger partial charge in [-0.15, -0.1) is 10.2 Å². The molecule has 0 aliphatic carbocycles. The quantitative estimate of drug-likeness (QED) is 0.615. The third kappa shape index (κ3) is 7.55. The normalized spacial score (nSPS) is 14.9. The number of likely N-dealkylation sites (tertiary alicyclic amines) is 1. The summed E-state index contributed by atoms with van der Waals surface area (Å²) in [5.74, 6) is -0.260. The molecule has 0 unspecified atom stereocenters. The first-order valence-corrected chi connectivity index (χ1v) is 11.2. The van der Waals surface area contributed by atoms with Gasteiger partial charge >= 0.3 is 0 Å². The number of hydrogen-bond acceptors (Lipinski definition) is 6. The highest BCUT2D eigenvalue weighted by Gasteiger charge is 2.14. The fourth-order valence-electron chi connectivity index (χ4n) is 3.35. The molecule has 0 saturated carbocycles. The van der Waals surface area contributed by atoms with E-state index in [0.717, 1.165) is 13.0 Å². The summed E-state index contributed by atoms with van der Waals surface area (Å²) in [7, 11) is 0. The zero-order valence-electron chi connectivity index (χ0n) is 16.7. The molecule has 2 amide bonds. The summed E-state index contributed by atoms with van der Waals surface area (Å²) >= 11 is 1.23. The first kappa shape index (κ1) is 21.4. The van der Waals surface area contributed by atoms with Crippen molar-refractivity contribution in [2.24, 2.45) is 0 Å². The number of para-hydroxylation sites is 1. The average molecular weight is 416 g/mol. The molecule has 2 heterocycles. The Bertz CT molecular complexity index is 772. The van der Waals surface area contributed by atoms with Crippen molar-refractivity contribution in [2.75, 3.05) is 31.5 Å². The van der Waals surface area contributed by atoms with E-state index in [1.807, 2.05) is 30.3 Å². The fraction of sp³-hybridized carbons (Fsp3) is 0.524. The average Bonchev–Trinajstić information content (AvgIpc) is 3.06. The van der Waals surface area contributed by atoms with Crippen LogP contribution in [-0.2, 0) is 11.2 Å². The van der Waals surface area contributed by atoms with Crippen molar-refractivity contribution in [3.63, 3.8) is 0 Å². The number of aryl methyl sites for hydroxylation is 1. The summed E-state index contributed by atoms with van der Waals surface area (Å²) < 4.78 is 0. The lowest BCUT2D eigenvalue weighted by Gasteiger charge is -2.19. The molecular weight excluding hydrogens is 386 g/mol. The maximum atomic E-state index is 12.2. The molecule has 1 aliphatic heterocycles. The molecule has 1 saturated heterocycles. The van der Waals surface area contributed by atoms with Crippen LogP contribution in [0.4, 0.5) is 5.69 Å². The van der Waals surface area contributed by atoms with Crippen LogP contribution in [-0.4, -0.2) is 53.1 Å². The van der Waals surface area contributed by atoms with Crippen LogP contribution in [0.15, 0.2) is 30.3 Å². The third-order valence-electron chi connectivity index (χ3n) is 4.93.